The minimum absolute atomic E-state index is 0.0715. The van der Waals surface area contributed by atoms with E-state index < -0.39 is 12.1 Å². The van der Waals surface area contributed by atoms with Crippen molar-refractivity contribution in [3.63, 3.8) is 0 Å². The normalized spacial score (nSPS) is 38.8. The van der Waals surface area contributed by atoms with Gasteiger partial charge in [0.1, 0.15) is 0 Å². The molecule has 2 N–H and O–H groups in total. The van der Waals surface area contributed by atoms with E-state index in [9.17, 15) is 9.90 Å². The fraction of sp³-hybridized carbons (Fsp3) is 0.769. The summed E-state index contributed by atoms with van der Waals surface area (Å²) in [6.07, 6.45) is 6.83. The minimum Gasteiger partial charge on any atom is -0.481 e. The van der Waals surface area contributed by atoms with E-state index in [4.69, 9.17) is 5.11 Å². The van der Waals surface area contributed by atoms with E-state index in [0.717, 1.165) is 19.3 Å². The molecule has 1 fully saturated rings. The summed E-state index contributed by atoms with van der Waals surface area (Å²) < 4.78 is 0. The number of aliphatic hydroxyl groups excluding tert-OH is 1. The Morgan fingerprint density at radius 3 is 3.06 bits per heavy atom. The maximum absolute atomic E-state index is 10.8. The molecule has 90 valence electrons. The molecule has 1 saturated carbocycles. The van der Waals surface area contributed by atoms with Crippen LogP contribution in [0.2, 0.25) is 0 Å². The van der Waals surface area contributed by atoms with E-state index in [1.807, 2.05) is 0 Å². The Kier molecular flexibility index (Phi) is 3.06. The average molecular weight is 224 g/mol. The van der Waals surface area contributed by atoms with Crippen molar-refractivity contribution in [3.8, 4) is 0 Å². The van der Waals surface area contributed by atoms with Gasteiger partial charge in [-0.05, 0) is 43.4 Å². The topological polar surface area (TPSA) is 57.5 Å². The molecule has 0 bridgehead atoms. The molecule has 0 aromatic rings. The number of allylic oxidation sites excluding steroid dienone is 1. The molecule has 3 heteroatoms. The molecule has 0 amide bonds. The lowest BCUT2D eigenvalue weighted by Gasteiger charge is -2.45. The highest BCUT2D eigenvalue weighted by Gasteiger charge is 2.41. The SMILES string of the molecule is C[C@]12CCCC=C1C[C@H](O)C(CC(=O)O)C2. The van der Waals surface area contributed by atoms with Gasteiger partial charge >= 0.3 is 5.97 Å². The summed E-state index contributed by atoms with van der Waals surface area (Å²) in [6, 6.07) is 0. The predicted octanol–water partition coefficient (Wildman–Crippen LogP) is 2.35. The van der Waals surface area contributed by atoms with Crippen molar-refractivity contribution in [3.05, 3.63) is 11.6 Å². The zero-order valence-electron chi connectivity index (χ0n) is 9.78. The lowest BCUT2D eigenvalue weighted by Crippen LogP contribution is -2.39. The van der Waals surface area contributed by atoms with Crippen LogP contribution in [0.4, 0.5) is 0 Å². The van der Waals surface area contributed by atoms with Gasteiger partial charge < -0.3 is 10.2 Å². The summed E-state index contributed by atoms with van der Waals surface area (Å²) in [5.41, 5.74) is 1.50. The maximum Gasteiger partial charge on any atom is 0.303 e. The highest BCUT2D eigenvalue weighted by molar-refractivity contribution is 5.67. The van der Waals surface area contributed by atoms with Crippen LogP contribution in [-0.2, 0) is 4.79 Å². The van der Waals surface area contributed by atoms with Gasteiger partial charge in [0.05, 0.1) is 12.5 Å². The van der Waals surface area contributed by atoms with Crippen molar-refractivity contribution in [2.75, 3.05) is 0 Å². The summed E-state index contributed by atoms with van der Waals surface area (Å²) in [7, 11) is 0. The highest BCUT2D eigenvalue weighted by atomic mass is 16.4. The van der Waals surface area contributed by atoms with Gasteiger partial charge in [0.15, 0.2) is 0 Å². The third kappa shape index (κ3) is 2.14. The number of carboxylic acid groups (broad SMARTS) is 1. The number of carboxylic acids is 1. The standard InChI is InChI=1S/C13H20O3/c1-13-5-3-2-4-10(13)7-11(14)9(8-13)6-12(15)16/h4,9,11,14H,2-3,5-8H2,1H3,(H,15,16)/t9?,11-,13+/m0/s1. The molecule has 2 aliphatic rings. The van der Waals surface area contributed by atoms with E-state index in [1.54, 1.807) is 0 Å². The van der Waals surface area contributed by atoms with E-state index in [2.05, 4.69) is 13.0 Å². The lowest BCUT2D eigenvalue weighted by atomic mass is 9.61. The first kappa shape index (κ1) is 11.6. The van der Waals surface area contributed by atoms with Gasteiger partial charge in [0, 0.05) is 0 Å². The largest absolute Gasteiger partial charge is 0.481 e. The van der Waals surface area contributed by atoms with E-state index >= 15 is 0 Å². The van der Waals surface area contributed by atoms with Crippen LogP contribution in [0.25, 0.3) is 0 Å². The first-order valence-corrected chi connectivity index (χ1v) is 6.11. The Bertz CT molecular complexity index is 321. The molecule has 0 aromatic carbocycles. The molecule has 0 aliphatic heterocycles. The molecule has 3 atom stereocenters. The highest BCUT2D eigenvalue weighted by Crippen LogP contribution is 2.49. The Hall–Kier alpha value is -0.830. The van der Waals surface area contributed by atoms with Crippen LogP contribution in [0.15, 0.2) is 11.6 Å². The second-order valence-electron chi connectivity index (χ2n) is 5.52. The van der Waals surface area contributed by atoms with Crippen LogP contribution in [0, 0.1) is 11.3 Å². The molecule has 3 nitrogen and oxygen atoms in total. The van der Waals surface area contributed by atoms with E-state index in [1.165, 1.54) is 12.0 Å². The van der Waals surface area contributed by atoms with E-state index in [-0.39, 0.29) is 17.8 Å². The van der Waals surface area contributed by atoms with Gasteiger partial charge in [-0.2, -0.15) is 0 Å². The first-order valence-electron chi connectivity index (χ1n) is 6.11. The fourth-order valence-electron chi connectivity index (χ4n) is 3.28. The van der Waals surface area contributed by atoms with Crippen molar-refractivity contribution in [1.29, 1.82) is 0 Å². The number of fused-ring (bicyclic) bond motifs is 1. The summed E-state index contributed by atoms with van der Waals surface area (Å²) in [5, 5.41) is 18.8. The number of carbonyl (C=O) groups is 1. The van der Waals surface area contributed by atoms with Gasteiger partial charge in [-0.1, -0.05) is 18.6 Å². The molecule has 0 spiro atoms. The molecule has 0 heterocycles. The Morgan fingerprint density at radius 2 is 2.38 bits per heavy atom. The molecule has 2 aliphatic carbocycles. The quantitative estimate of drug-likeness (QED) is 0.708. The Morgan fingerprint density at radius 1 is 1.62 bits per heavy atom. The Balaban J connectivity index is 2.14. The smallest absolute Gasteiger partial charge is 0.303 e. The lowest BCUT2D eigenvalue weighted by molar-refractivity contribution is -0.140. The summed E-state index contributed by atoms with van der Waals surface area (Å²) in [6.45, 7) is 2.22. The van der Waals surface area contributed by atoms with Gasteiger partial charge in [0.2, 0.25) is 0 Å². The van der Waals surface area contributed by atoms with Crippen LogP contribution in [0.3, 0.4) is 0 Å². The molecule has 0 aromatic heterocycles. The maximum atomic E-state index is 10.8. The second-order valence-corrected chi connectivity index (χ2v) is 5.52. The third-order valence-electron chi connectivity index (χ3n) is 4.22. The van der Waals surface area contributed by atoms with E-state index in [0.29, 0.717) is 6.42 Å². The third-order valence-corrected chi connectivity index (χ3v) is 4.22. The van der Waals surface area contributed by atoms with Crippen LogP contribution in [0.5, 0.6) is 0 Å². The monoisotopic (exact) mass is 224 g/mol. The second kappa shape index (κ2) is 4.21. The number of aliphatic carboxylic acids is 1. The van der Waals surface area contributed by atoms with Crippen LogP contribution < -0.4 is 0 Å². The average Bonchev–Trinajstić information content (AvgIpc) is 2.19. The molecule has 1 unspecified atom stereocenters. The van der Waals surface area contributed by atoms with Crippen molar-refractivity contribution in [1.82, 2.24) is 0 Å². The number of aliphatic hydroxyl groups is 1. The van der Waals surface area contributed by atoms with Gasteiger partial charge in [-0.3, -0.25) is 4.79 Å². The van der Waals surface area contributed by atoms with Gasteiger partial charge in [-0.15, -0.1) is 0 Å². The van der Waals surface area contributed by atoms with Crippen molar-refractivity contribution in [2.24, 2.45) is 11.3 Å². The molecule has 0 radical (unpaired) electrons. The predicted molar refractivity (Wildman–Crippen MR) is 61.0 cm³/mol. The Labute approximate surface area is 96.2 Å². The van der Waals surface area contributed by atoms with Crippen LogP contribution in [0.1, 0.15) is 45.4 Å². The first-order chi connectivity index (χ1) is 7.51. The molecule has 2 rings (SSSR count). The van der Waals surface area contributed by atoms with Gasteiger partial charge in [0.25, 0.3) is 0 Å². The number of rotatable bonds is 2. The summed E-state index contributed by atoms with van der Waals surface area (Å²) >= 11 is 0. The summed E-state index contributed by atoms with van der Waals surface area (Å²) in [4.78, 5) is 10.8. The molecular weight excluding hydrogens is 204 g/mol. The number of hydrogen-bond donors (Lipinski definition) is 2. The zero-order valence-corrected chi connectivity index (χ0v) is 9.78. The molecular formula is C13H20O3. The van der Waals surface area contributed by atoms with Crippen molar-refractivity contribution >= 4 is 5.97 Å². The van der Waals surface area contributed by atoms with Crippen LogP contribution >= 0.6 is 0 Å². The van der Waals surface area contributed by atoms with Crippen LogP contribution in [-0.4, -0.2) is 22.3 Å². The fourth-order valence-corrected chi connectivity index (χ4v) is 3.28. The minimum atomic E-state index is -0.795. The van der Waals surface area contributed by atoms with Crippen molar-refractivity contribution in [2.45, 2.75) is 51.6 Å². The van der Waals surface area contributed by atoms with Gasteiger partial charge in [-0.25, -0.2) is 0 Å². The molecule has 0 saturated heterocycles. The zero-order chi connectivity index (χ0) is 11.8. The van der Waals surface area contributed by atoms with Crippen molar-refractivity contribution < 1.29 is 15.0 Å². The number of hydrogen-bond acceptors (Lipinski definition) is 2. The molecule has 16 heavy (non-hydrogen) atoms. The summed E-state index contributed by atoms with van der Waals surface area (Å²) in [5.74, 6) is -0.867.